The summed E-state index contributed by atoms with van der Waals surface area (Å²) in [7, 11) is 0. The van der Waals surface area contributed by atoms with Gasteiger partial charge >= 0.3 is 0 Å². The van der Waals surface area contributed by atoms with E-state index in [-0.39, 0.29) is 0 Å². The number of nitrogens with one attached hydrogen (secondary N) is 1. The topological polar surface area (TPSA) is 32.3 Å². The van der Waals surface area contributed by atoms with Gasteiger partial charge in [-0.2, -0.15) is 0 Å². The lowest BCUT2D eigenvalue weighted by molar-refractivity contribution is -0.133. The molecule has 3 nitrogen and oxygen atoms in total. The lowest BCUT2D eigenvalue weighted by Crippen LogP contribution is -2.42. The molecule has 0 aromatic carbocycles. The molecule has 0 spiro atoms. The first-order valence-electron chi connectivity index (χ1n) is 8.21. The molecule has 1 amide bonds. The van der Waals surface area contributed by atoms with E-state index in [9.17, 15) is 4.79 Å². The molecule has 110 valence electrons. The van der Waals surface area contributed by atoms with Gasteiger partial charge < -0.3 is 10.2 Å². The van der Waals surface area contributed by atoms with Crippen LogP contribution < -0.4 is 5.32 Å². The number of likely N-dealkylation sites (tertiary alicyclic amines) is 1. The zero-order valence-electron chi connectivity index (χ0n) is 12.7. The zero-order chi connectivity index (χ0) is 13.7. The highest BCUT2D eigenvalue weighted by Gasteiger charge is 2.34. The monoisotopic (exact) mass is 266 g/mol. The van der Waals surface area contributed by atoms with Crippen molar-refractivity contribution in [1.29, 1.82) is 0 Å². The van der Waals surface area contributed by atoms with E-state index in [1.54, 1.807) is 0 Å². The molecule has 19 heavy (non-hydrogen) atoms. The minimum atomic E-state index is 0.376. The molecule has 1 saturated carbocycles. The van der Waals surface area contributed by atoms with Gasteiger partial charge in [-0.1, -0.05) is 33.1 Å². The summed E-state index contributed by atoms with van der Waals surface area (Å²) in [5.74, 6) is 1.17. The number of carbonyl (C=O) groups excluding carboxylic acids is 1. The summed E-state index contributed by atoms with van der Waals surface area (Å²) in [6.07, 6.45) is 9.96. The summed E-state index contributed by atoms with van der Waals surface area (Å²) in [5.41, 5.74) is 0. The van der Waals surface area contributed by atoms with Crippen LogP contribution in [-0.2, 0) is 4.79 Å². The standard InChI is InChI=1S/C16H30N2O/c1-13(2)17-11-10-16(19)18-12-6-9-15(18)14-7-4-3-5-8-14/h13-15,17H,3-12H2,1-2H3. The molecule has 0 aromatic heterocycles. The minimum Gasteiger partial charge on any atom is -0.339 e. The van der Waals surface area contributed by atoms with Crippen LogP contribution in [0.5, 0.6) is 0 Å². The maximum Gasteiger partial charge on any atom is 0.224 e. The maximum atomic E-state index is 12.4. The van der Waals surface area contributed by atoms with Crippen molar-refractivity contribution >= 4 is 5.91 Å². The van der Waals surface area contributed by atoms with Crippen molar-refractivity contribution < 1.29 is 4.79 Å². The average Bonchev–Trinajstić information content (AvgIpc) is 2.88. The van der Waals surface area contributed by atoms with Gasteiger partial charge in [-0.25, -0.2) is 0 Å². The molecule has 1 heterocycles. The quantitative estimate of drug-likeness (QED) is 0.830. The fourth-order valence-corrected chi connectivity index (χ4v) is 3.72. The SMILES string of the molecule is CC(C)NCCC(=O)N1CCCC1C1CCCCC1. The Kier molecular flexibility index (Phi) is 5.68. The average molecular weight is 266 g/mol. The Labute approximate surface area is 118 Å². The van der Waals surface area contributed by atoms with E-state index in [2.05, 4.69) is 24.1 Å². The van der Waals surface area contributed by atoms with Gasteiger partial charge in [-0.05, 0) is 31.6 Å². The first kappa shape index (κ1) is 14.8. The Morgan fingerprint density at radius 2 is 1.89 bits per heavy atom. The second kappa shape index (κ2) is 7.28. The largest absolute Gasteiger partial charge is 0.339 e. The number of carbonyl (C=O) groups is 1. The maximum absolute atomic E-state index is 12.4. The van der Waals surface area contributed by atoms with E-state index in [1.807, 2.05) is 0 Å². The summed E-state index contributed by atoms with van der Waals surface area (Å²) in [5, 5.41) is 3.35. The molecule has 2 rings (SSSR count). The summed E-state index contributed by atoms with van der Waals surface area (Å²) < 4.78 is 0. The van der Waals surface area contributed by atoms with Gasteiger partial charge in [0.1, 0.15) is 0 Å². The first-order chi connectivity index (χ1) is 9.18. The fourth-order valence-electron chi connectivity index (χ4n) is 3.72. The number of hydrogen-bond acceptors (Lipinski definition) is 2. The molecule has 2 fully saturated rings. The van der Waals surface area contributed by atoms with Gasteiger partial charge in [0, 0.05) is 31.6 Å². The van der Waals surface area contributed by atoms with Gasteiger partial charge in [0.2, 0.25) is 5.91 Å². The number of nitrogens with zero attached hydrogens (tertiary/aromatic N) is 1. The van der Waals surface area contributed by atoms with Crippen LogP contribution in [0.25, 0.3) is 0 Å². The van der Waals surface area contributed by atoms with E-state index in [4.69, 9.17) is 0 Å². The van der Waals surface area contributed by atoms with Crippen molar-refractivity contribution in [1.82, 2.24) is 10.2 Å². The Morgan fingerprint density at radius 3 is 2.58 bits per heavy atom. The van der Waals surface area contributed by atoms with Crippen molar-refractivity contribution in [3.8, 4) is 0 Å². The Hall–Kier alpha value is -0.570. The summed E-state index contributed by atoms with van der Waals surface area (Å²) >= 11 is 0. The van der Waals surface area contributed by atoms with Crippen LogP contribution in [0.2, 0.25) is 0 Å². The van der Waals surface area contributed by atoms with Crippen LogP contribution in [-0.4, -0.2) is 36.0 Å². The van der Waals surface area contributed by atoms with Crippen LogP contribution in [0, 0.1) is 5.92 Å². The molecule has 0 radical (unpaired) electrons. The Balaban J connectivity index is 1.81. The van der Waals surface area contributed by atoms with Crippen molar-refractivity contribution in [3.05, 3.63) is 0 Å². The molecule has 0 bridgehead atoms. The molecule has 1 N–H and O–H groups in total. The molecule has 1 atom stereocenters. The molecule has 1 aliphatic heterocycles. The van der Waals surface area contributed by atoms with E-state index >= 15 is 0 Å². The molecule has 1 saturated heterocycles. The highest BCUT2D eigenvalue weighted by molar-refractivity contribution is 5.77. The van der Waals surface area contributed by atoms with Crippen molar-refractivity contribution in [2.45, 2.75) is 77.3 Å². The van der Waals surface area contributed by atoms with Gasteiger partial charge in [-0.3, -0.25) is 4.79 Å². The van der Waals surface area contributed by atoms with Crippen LogP contribution in [0.3, 0.4) is 0 Å². The molecule has 0 aromatic rings. The predicted octanol–water partition coefficient (Wildman–Crippen LogP) is 2.95. The number of amides is 1. The van der Waals surface area contributed by atoms with Crippen LogP contribution in [0.15, 0.2) is 0 Å². The van der Waals surface area contributed by atoms with Gasteiger partial charge in [-0.15, -0.1) is 0 Å². The molecular formula is C16H30N2O. The van der Waals surface area contributed by atoms with Gasteiger partial charge in [0.05, 0.1) is 0 Å². The molecular weight excluding hydrogens is 236 g/mol. The van der Waals surface area contributed by atoms with Crippen LogP contribution >= 0.6 is 0 Å². The van der Waals surface area contributed by atoms with Crippen molar-refractivity contribution in [2.75, 3.05) is 13.1 Å². The van der Waals surface area contributed by atoms with Crippen LogP contribution in [0.4, 0.5) is 0 Å². The van der Waals surface area contributed by atoms with Crippen molar-refractivity contribution in [2.24, 2.45) is 5.92 Å². The summed E-state index contributed by atoms with van der Waals surface area (Å²) in [6, 6.07) is 1.03. The lowest BCUT2D eigenvalue weighted by atomic mass is 9.83. The van der Waals surface area contributed by atoms with E-state index < -0.39 is 0 Å². The molecule has 1 unspecified atom stereocenters. The third-order valence-electron chi connectivity index (χ3n) is 4.71. The van der Waals surface area contributed by atoms with E-state index in [0.717, 1.165) is 19.0 Å². The number of hydrogen-bond donors (Lipinski definition) is 1. The van der Waals surface area contributed by atoms with Crippen molar-refractivity contribution in [3.63, 3.8) is 0 Å². The molecule has 2 aliphatic rings. The van der Waals surface area contributed by atoms with Crippen LogP contribution in [0.1, 0.15) is 65.2 Å². The number of rotatable bonds is 5. The Bertz CT molecular complexity index is 284. The second-order valence-corrected chi connectivity index (χ2v) is 6.55. The lowest BCUT2D eigenvalue weighted by Gasteiger charge is -2.34. The second-order valence-electron chi connectivity index (χ2n) is 6.55. The highest BCUT2D eigenvalue weighted by atomic mass is 16.2. The predicted molar refractivity (Wildman–Crippen MR) is 79.1 cm³/mol. The third-order valence-corrected chi connectivity index (χ3v) is 4.71. The fraction of sp³-hybridized carbons (Fsp3) is 0.938. The molecule has 1 aliphatic carbocycles. The Morgan fingerprint density at radius 1 is 1.16 bits per heavy atom. The van der Waals surface area contributed by atoms with E-state index in [1.165, 1.54) is 44.9 Å². The van der Waals surface area contributed by atoms with Gasteiger partial charge in [0.15, 0.2) is 0 Å². The summed E-state index contributed by atoms with van der Waals surface area (Å²) in [4.78, 5) is 14.6. The van der Waals surface area contributed by atoms with E-state index in [0.29, 0.717) is 24.4 Å². The molecule has 3 heteroatoms. The third kappa shape index (κ3) is 4.20. The highest BCUT2D eigenvalue weighted by Crippen LogP contribution is 2.34. The summed E-state index contributed by atoms with van der Waals surface area (Å²) in [6.45, 7) is 6.09. The normalized spacial score (nSPS) is 25.2. The minimum absolute atomic E-state index is 0.376. The first-order valence-corrected chi connectivity index (χ1v) is 8.21. The zero-order valence-corrected chi connectivity index (χ0v) is 12.7. The van der Waals surface area contributed by atoms with Gasteiger partial charge in [0.25, 0.3) is 0 Å². The smallest absolute Gasteiger partial charge is 0.224 e.